The molecule has 2 aliphatic rings. The predicted molar refractivity (Wildman–Crippen MR) is 137 cm³/mol. The normalized spacial score (nSPS) is 20.5. The van der Waals surface area contributed by atoms with Crippen LogP contribution in [0.3, 0.4) is 0 Å². The molecule has 0 radical (unpaired) electrons. The summed E-state index contributed by atoms with van der Waals surface area (Å²) >= 11 is 0. The van der Waals surface area contributed by atoms with Crippen LogP contribution >= 0.6 is 0 Å². The number of pyridine rings is 2. The molecule has 2 fully saturated rings. The maximum absolute atomic E-state index is 4.68. The van der Waals surface area contributed by atoms with Crippen LogP contribution in [0.15, 0.2) is 55.0 Å². The molecule has 1 spiro atoms. The molecule has 3 N–H and O–H groups in total. The van der Waals surface area contributed by atoms with Crippen molar-refractivity contribution in [2.75, 3.05) is 44.6 Å². The molecule has 0 amide bonds. The first-order chi connectivity index (χ1) is 16.7. The van der Waals surface area contributed by atoms with E-state index < -0.39 is 0 Å². The van der Waals surface area contributed by atoms with Crippen molar-refractivity contribution >= 4 is 16.6 Å². The van der Waals surface area contributed by atoms with Crippen molar-refractivity contribution in [3.05, 3.63) is 60.7 Å². The quantitative estimate of drug-likeness (QED) is 0.408. The molecule has 5 heterocycles. The van der Waals surface area contributed by atoms with Gasteiger partial charge in [-0.25, -0.2) is 4.98 Å². The molecule has 1 atom stereocenters. The lowest BCUT2D eigenvalue weighted by atomic mass is 9.87. The average molecular weight is 454 g/mol. The molecule has 0 aliphatic carbocycles. The third-order valence-corrected chi connectivity index (χ3v) is 7.35. The molecule has 0 bridgehead atoms. The van der Waals surface area contributed by atoms with Gasteiger partial charge >= 0.3 is 0 Å². The monoisotopic (exact) mass is 453 g/mol. The number of fused-ring (bicyclic) bond motifs is 1. The summed E-state index contributed by atoms with van der Waals surface area (Å²) in [6.07, 6.45) is 6.32. The maximum atomic E-state index is 4.68. The Morgan fingerprint density at radius 3 is 2.97 bits per heavy atom. The highest BCUT2D eigenvalue weighted by Gasteiger charge is 2.39. The minimum absolute atomic E-state index is 0.528. The van der Waals surface area contributed by atoms with Crippen molar-refractivity contribution < 1.29 is 0 Å². The molecule has 4 aromatic rings. The summed E-state index contributed by atoms with van der Waals surface area (Å²) in [6, 6.07) is 14.5. The minimum Gasteiger partial charge on any atom is -0.382 e. The summed E-state index contributed by atoms with van der Waals surface area (Å²) in [4.78, 5) is 19.8. The molecule has 174 valence electrons. The molecule has 7 nitrogen and oxygen atoms in total. The number of aromatic nitrogens is 4. The van der Waals surface area contributed by atoms with Crippen molar-refractivity contribution in [3.63, 3.8) is 0 Å². The molecule has 6 rings (SSSR count). The molecular weight excluding hydrogens is 422 g/mol. The standard InChI is InChI=1S/C27H31N7/c1-19-3-2-4-24(33-19)26-25(31-18-32-26)20-5-6-23-21(13-20)14-22(15-30-23)29-10-12-34-11-8-27(17-34)7-9-28-16-27/h2-6,13-15,18,28-29H,7-12,16-17H2,1H3,(H,31,32). The topological polar surface area (TPSA) is 81.8 Å². The van der Waals surface area contributed by atoms with E-state index in [0.717, 1.165) is 58.0 Å². The summed E-state index contributed by atoms with van der Waals surface area (Å²) < 4.78 is 0. The largest absolute Gasteiger partial charge is 0.382 e. The Hall–Kier alpha value is -3.29. The van der Waals surface area contributed by atoms with Crippen LogP contribution in [0.1, 0.15) is 18.5 Å². The van der Waals surface area contributed by atoms with Gasteiger partial charge < -0.3 is 20.5 Å². The molecule has 1 unspecified atom stereocenters. The van der Waals surface area contributed by atoms with Gasteiger partial charge in [0.2, 0.25) is 0 Å². The Bertz CT molecular complexity index is 1310. The van der Waals surface area contributed by atoms with Gasteiger partial charge in [-0.1, -0.05) is 12.1 Å². The number of H-pyrrole nitrogens is 1. The summed E-state index contributed by atoms with van der Waals surface area (Å²) in [7, 11) is 0. The summed E-state index contributed by atoms with van der Waals surface area (Å²) in [6.45, 7) is 8.80. The van der Waals surface area contributed by atoms with Crippen LogP contribution in [0.25, 0.3) is 33.5 Å². The number of imidazole rings is 1. The maximum Gasteiger partial charge on any atom is 0.0977 e. The second-order valence-corrected chi connectivity index (χ2v) is 9.80. The lowest BCUT2D eigenvalue weighted by molar-refractivity contribution is 0.281. The van der Waals surface area contributed by atoms with E-state index in [2.05, 4.69) is 59.7 Å². The first-order valence-electron chi connectivity index (χ1n) is 12.2. The van der Waals surface area contributed by atoms with Crippen LogP contribution in [0.5, 0.6) is 0 Å². The van der Waals surface area contributed by atoms with E-state index in [4.69, 9.17) is 0 Å². The van der Waals surface area contributed by atoms with Crippen molar-refractivity contribution in [2.24, 2.45) is 5.41 Å². The van der Waals surface area contributed by atoms with Crippen LogP contribution < -0.4 is 10.6 Å². The number of hydrogen-bond acceptors (Lipinski definition) is 6. The highest BCUT2D eigenvalue weighted by Crippen LogP contribution is 2.36. The van der Waals surface area contributed by atoms with Gasteiger partial charge in [0, 0.05) is 42.8 Å². The Morgan fingerprint density at radius 2 is 2.09 bits per heavy atom. The third kappa shape index (κ3) is 4.17. The number of hydrogen-bond donors (Lipinski definition) is 3. The van der Waals surface area contributed by atoms with Gasteiger partial charge in [0.15, 0.2) is 0 Å². The number of likely N-dealkylation sites (tertiary alicyclic amines) is 1. The van der Waals surface area contributed by atoms with Gasteiger partial charge in [-0.3, -0.25) is 9.97 Å². The molecule has 34 heavy (non-hydrogen) atoms. The zero-order valence-corrected chi connectivity index (χ0v) is 19.6. The van der Waals surface area contributed by atoms with E-state index in [1.807, 2.05) is 31.3 Å². The van der Waals surface area contributed by atoms with Crippen LogP contribution in [0.2, 0.25) is 0 Å². The second kappa shape index (κ2) is 8.81. The van der Waals surface area contributed by atoms with Crippen molar-refractivity contribution in [3.8, 4) is 22.6 Å². The molecule has 1 aromatic carbocycles. The molecule has 2 saturated heterocycles. The number of benzene rings is 1. The fraction of sp³-hybridized carbons (Fsp3) is 0.370. The smallest absolute Gasteiger partial charge is 0.0977 e. The van der Waals surface area contributed by atoms with Crippen molar-refractivity contribution in [2.45, 2.75) is 19.8 Å². The fourth-order valence-electron chi connectivity index (χ4n) is 5.49. The fourth-order valence-corrected chi connectivity index (χ4v) is 5.49. The van der Waals surface area contributed by atoms with E-state index in [1.165, 1.54) is 39.0 Å². The zero-order valence-electron chi connectivity index (χ0n) is 19.6. The van der Waals surface area contributed by atoms with Gasteiger partial charge in [-0.05, 0) is 68.6 Å². The highest BCUT2D eigenvalue weighted by atomic mass is 15.2. The van der Waals surface area contributed by atoms with Gasteiger partial charge in [0.25, 0.3) is 0 Å². The summed E-state index contributed by atoms with van der Waals surface area (Å²) in [5.74, 6) is 0. The Kier molecular flexibility index (Phi) is 5.51. The number of anilines is 1. The lowest BCUT2D eigenvalue weighted by Crippen LogP contribution is -2.31. The minimum atomic E-state index is 0.528. The van der Waals surface area contributed by atoms with Crippen molar-refractivity contribution in [1.82, 2.24) is 30.2 Å². The molecule has 7 heteroatoms. The van der Waals surface area contributed by atoms with Gasteiger partial charge in [-0.2, -0.15) is 0 Å². The average Bonchev–Trinajstić information content (AvgIpc) is 3.61. The first-order valence-corrected chi connectivity index (χ1v) is 12.2. The third-order valence-electron chi connectivity index (χ3n) is 7.35. The Morgan fingerprint density at radius 1 is 1.12 bits per heavy atom. The van der Waals surface area contributed by atoms with Crippen LogP contribution in [-0.2, 0) is 0 Å². The summed E-state index contributed by atoms with van der Waals surface area (Å²) in [5.41, 5.74) is 7.35. The van der Waals surface area contributed by atoms with Crippen molar-refractivity contribution in [1.29, 1.82) is 0 Å². The molecular formula is C27H31N7. The number of nitrogens with one attached hydrogen (secondary N) is 3. The molecule has 0 saturated carbocycles. The molecule has 3 aromatic heterocycles. The first kappa shape index (κ1) is 21.3. The number of nitrogens with zero attached hydrogens (tertiary/aromatic N) is 4. The number of aromatic amines is 1. The van der Waals surface area contributed by atoms with E-state index in [-0.39, 0.29) is 0 Å². The SMILES string of the molecule is Cc1cccc(-c2[nH]cnc2-c2ccc3ncc(NCCN4CCC5(CCNC5)C4)cc3c2)n1. The highest BCUT2D eigenvalue weighted by molar-refractivity contribution is 5.88. The van der Waals surface area contributed by atoms with E-state index in [1.54, 1.807) is 6.33 Å². The van der Waals surface area contributed by atoms with Gasteiger partial charge in [0.05, 0.1) is 40.8 Å². The van der Waals surface area contributed by atoms with E-state index in [0.29, 0.717) is 5.41 Å². The second-order valence-electron chi connectivity index (χ2n) is 9.80. The van der Waals surface area contributed by atoms with Crippen LogP contribution in [-0.4, -0.2) is 64.1 Å². The van der Waals surface area contributed by atoms with Gasteiger partial charge in [0.1, 0.15) is 0 Å². The zero-order chi connectivity index (χ0) is 23.0. The predicted octanol–water partition coefficient (Wildman–Crippen LogP) is 4.09. The van der Waals surface area contributed by atoms with E-state index in [9.17, 15) is 0 Å². The Labute approximate surface area is 200 Å². The number of rotatable bonds is 6. The number of aryl methyl sites for hydroxylation is 1. The molecule has 2 aliphatic heterocycles. The summed E-state index contributed by atoms with van der Waals surface area (Å²) in [5, 5.41) is 8.24. The lowest BCUT2D eigenvalue weighted by Gasteiger charge is -2.23. The van der Waals surface area contributed by atoms with Crippen LogP contribution in [0.4, 0.5) is 5.69 Å². The Balaban J connectivity index is 1.17. The van der Waals surface area contributed by atoms with E-state index >= 15 is 0 Å². The van der Waals surface area contributed by atoms with Crippen LogP contribution in [0, 0.1) is 12.3 Å². The van der Waals surface area contributed by atoms with Gasteiger partial charge in [-0.15, -0.1) is 0 Å².